The summed E-state index contributed by atoms with van der Waals surface area (Å²) in [5.41, 5.74) is 0.963. The maximum Gasteiger partial charge on any atom is 0.162 e. The second-order valence-corrected chi connectivity index (χ2v) is 6.23. The van der Waals surface area contributed by atoms with Crippen LogP contribution in [-0.2, 0) is 17.9 Å². The molecular formula is C16H28N2O2. The van der Waals surface area contributed by atoms with Crippen molar-refractivity contribution in [3.8, 4) is 0 Å². The Morgan fingerprint density at radius 3 is 2.75 bits per heavy atom. The number of aromatic nitrogens is 1. The molecule has 0 unspecified atom stereocenters. The molecule has 0 saturated heterocycles. The van der Waals surface area contributed by atoms with E-state index >= 15 is 0 Å². The van der Waals surface area contributed by atoms with Crippen molar-refractivity contribution in [3.05, 3.63) is 17.5 Å². The fourth-order valence-corrected chi connectivity index (χ4v) is 2.60. The van der Waals surface area contributed by atoms with E-state index in [1.165, 1.54) is 38.5 Å². The highest BCUT2D eigenvalue weighted by Gasteiger charge is 2.14. The smallest absolute Gasteiger partial charge is 0.162 e. The van der Waals surface area contributed by atoms with Crippen LogP contribution in [0.25, 0.3) is 0 Å². The van der Waals surface area contributed by atoms with E-state index in [9.17, 15) is 0 Å². The summed E-state index contributed by atoms with van der Waals surface area (Å²) >= 11 is 0. The average Bonchev–Trinajstić information content (AvgIpc) is 2.71. The van der Waals surface area contributed by atoms with Crippen molar-refractivity contribution in [1.82, 2.24) is 10.5 Å². The fourth-order valence-electron chi connectivity index (χ4n) is 2.60. The largest absolute Gasteiger partial charge is 0.370 e. The summed E-state index contributed by atoms with van der Waals surface area (Å²) in [6, 6.07) is 2.00. The standard InChI is InChI=1S/C16H28N2O2/c1-13(2)10-17-11-14-9-16(20-18-14)12-19-15-7-5-3-4-6-8-15/h9,13,15,17H,3-8,10-12H2,1-2H3. The zero-order chi connectivity index (χ0) is 14.2. The minimum absolute atomic E-state index is 0.408. The van der Waals surface area contributed by atoms with Gasteiger partial charge in [0.1, 0.15) is 6.61 Å². The van der Waals surface area contributed by atoms with Gasteiger partial charge in [0.05, 0.1) is 11.8 Å². The maximum absolute atomic E-state index is 5.95. The molecule has 1 aromatic rings. The quantitative estimate of drug-likeness (QED) is 0.774. The molecular weight excluding hydrogens is 252 g/mol. The Bertz CT molecular complexity index is 368. The van der Waals surface area contributed by atoms with E-state index < -0.39 is 0 Å². The van der Waals surface area contributed by atoms with Crippen LogP contribution in [0.4, 0.5) is 0 Å². The Morgan fingerprint density at radius 2 is 2.05 bits per heavy atom. The molecule has 0 amide bonds. The SMILES string of the molecule is CC(C)CNCc1cc(COC2CCCCCC2)on1. The van der Waals surface area contributed by atoms with E-state index in [1.54, 1.807) is 0 Å². The zero-order valence-corrected chi connectivity index (χ0v) is 12.9. The Morgan fingerprint density at radius 1 is 1.30 bits per heavy atom. The molecule has 0 bridgehead atoms. The lowest BCUT2D eigenvalue weighted by molar-refractivity contribution is 0.0195. The second kappa shape index (κ2) is 8.42. The first-order valence-electron chi connectivity index (χ1n) is 8.01. The number of ether oxygens (including phenoxy) is 1. The number of hydrogen-bond donors (Lipinski definition) is 1. The minimum Gasteiger partial charge on any atom is -0.370 e. The Kier molecular flexibility index (Phi) is 6.54. The van der Waals surface area contributed by atoms with Crippen molar-refractivity contribution in [1.29, 1.82) is 0 Å². The molecule has 1 fully saturated rings. The second-order valence-electron chi connectivity index (χ2n) is 6.23. The molecule has 114 valence electrons. The third kappa shape index (κ3) is 5.63. The first-order valence-corrected chi connectivity index (χ1v) is 8.01. The van der Waals surface area contributed by atoms with Gasteiger partial charge < -0.3 is 14.6 Å². The molecule has 1 aliphatic carbocycles. The first-order chi connectivity index (χ1) is 9.74. The Labute approximate surface area is 122 Å². The van der Waals surface area contributed by atoms with Crippen molar-refractivity contribution in [2.75, 3.05) is 6.54 Å². The van der Waals surface area contributed by atoms with Gasteiger partial charge in [-0.1, -0.05) is 44.7 Å². The zero-order valence-electron chi connectivity index (χ0n) is 12.9. The molecule has 1 aliphatic rings. The van der Waals surface area contributed by atoms with Crippen molar-refractivity contribution >= 4 is 0 Å². The summed E-state index contributed by atoms with van der Waals surface area (Å²) in [7, 11) is 0. The molecule has 2 rings (SSSR count). The van der Waals surface area contributed by atoms with Crippen LogP contribution >= 0.6 is 0 Å². The number of nitrogens with one attached hydrogen (secondary N) is 1. The topological polar surface area (TPSA) is 47.3 Å². The first kappa shape index (κ1) is 15.5. The molecule has 0 aromatic carbocycles. The molecule has 1 aromatic heterocycles. The maximum atomic E-state index is 5.95. The van der Waals surface area contributed by atoms with Crippen LogP contribution in [0.15, 0.2) is 10.6 Å². The average molecular weight is 280 g/mol. The van der Waals surface area contributed by atoms with E-state index in [-0.39, 0.29) is 0 Å². The van der Waals surface area contributed by atoms with Crippen LogP contribution in [0.5, 0.6) is 0 Å². The third-order valence-electron chi connectivity index (χ3n) is 3.73. The molecule has 0 radical (unpaired) electrons. The van der Waals surface area contributed by atoms with Crippen molar-refractivity contribution < 1.29 is 9.26 Å². The van der Waals surface area contributed by atoms with Gasteiger partial charge in [0.2, 0.25) is 0 Å². The van der Waals surface area contributed by atoms with Crippen LogP contribution in [0.3, 0.4) is 0 Å². The highest BCUT2D eigenvalue weighted by atomic mass is 16.5. The lowest BCUT2D eigenvalue weighted by atomic mass is 10.1. The summed E-state index contributed by atoms with van der Waals surface area (Å²) in [6.07, 6.45) is 8.09. The van der Waals surface area contributed by atoms with Crippen LogP contribution in [0, 0.1) is 5.92 Å². The Hall–Kier alpha value is -0.870. The van der Waals surface area contributed by atoms with Gasteiger partial charge in [-0.05, 0) is 25.3 Å². The lowest BCUT2D eigenvalue weighted by Gasteiger charge is -2.13. The van der Waals surface area contributed by atoms with Crippen LogP contribution in [0.2, 0.25) is 0 Å². The molecule has 1 saturated carbocycles. The van der Waals surface area contributed by atoms with E-state index in [0.29, 0.717) is 18.6 Å². The molecule has 20 heavy (non-hydrogen) atoms. The predicted octanol–water partition coefficient (Wildman–Crippen LogP) is 3.66. The van der Waals surface area contributed by atoms with Crippen molar-refractivity contribution in [2.45, 2.75) is 71.6 Å². The van der Waals surface area contributed by atoms with E-state index in [2.05, 4.69) is 24.3 Å². The molecule has 0 spiro atoms. The summed E-state index contributed by atoms with van der Waals surface area (Å²) in [4.78, 5) is 0. The number of rotatable bonds is 7. The van der Waals surface area contributed by atoms with Gasteiger partial charge in [-0.2, -0.15) is 0 Å². The summed E-state index contributed by atoms with van der Waals surface area (Å²) in [6.45, 7) is 6.72. The van der Waals surface area contributed by atoms with E-state index in [0.717, 1.165) is 24.5 Å². The fraction of sp³-hybridized carbons (Fsp3) is 0.812. The molecule has 4 nitrogen and oxygen atoms in total. The molecule has 4 heteroatoms. The highest BCUT2D eigenvalue weighted by molar-refractivity contribution is 5.04. The van der Waals surface area contributed by atoms with E-state index in [1.807, 2.05) is 6.07 Å². The Balaban J connectivity index is 1.69. The normalized spacial score (nSPS) is 17.6. The third-order valence-corrected chi connectivity index (χ3v) is 3.73. The number of hydrogen-bond acceptors (Lipinski definition) is 4. The predicted molar refractivity (Wildman–Crippen MR) is 79.3 cm³/mol. The highest BCUT2D eigenvalue weighted by Crippen LogP contribution is 2.21. The van der Waals surface area contributed by atoms with Gasteiger partial charge in [-0.15, -0.1) is 0 Å². The molecule has 1 heterocycles. The van der Waals surface area contributed by atoms with Gasteiger partial charge in [0.15, 0.2) is 5.76 Å². The van der Waals surface area contributed by atoms with Crippen LogP contribution in [-0.4, -0.2) is 17.8 Å². The van der Waals surface area contributed by atoms with Crippen molar-refractivity contribution in [2.24, 2.45) is 5.92 Å². The molecule has 0 atom stereocenters. The van der Waals surface area contributed by atoms with Gasteiger partial charge in [-0.25, -0.2) is 0 Å². The monoisotopic (exact) mass is 280 g/mol. The van der Waals surface area contributed by atoms with Gasteiger partial charge in [0.25, 0.3) is 0 Å². The lowest BCUT2D eigenvalue weighted by Crippen LogP contribution is -2.19. The van der Waals surface area contributed by atoms with Crippen LogP contribution < -0.4 is 5.32 Å². The van der Waals surface area contributed by atoms with Gasteiger partial charge in [-0.3, -0.25) is 0 Å². The van der Waals surface area contributed by atoms with Gasteiger partial charge >= 0.3 is 0 Å². The van der Waals surface area contributed by atoms with Crippen LogP contribution in [0.1, 0.15) is 63.8 Å². The van der Waals surface area contributed by atoms with E-state index in [4.69, 9.17) is 9.26 Å². The summed E-state index contributed by atoms with van der Waals surface area (Å²) < 4.78 is 11.3. The van der Waals surface area contributed by atoms with Gasteiger partial charge in [0, 0.05) is 12.6 Å². The molecule has 1 N–H and O–H groups in total. The summed E-state index contributed by atoms with van der Waals surface area (Å²) in [5, 5.41) is 7.44. The number of nitrogens with zero attached hydrogens (tertiary/aromatic N) is 1. The van der Waals surface area contributed by atoms with Crippen molar-refractivity contribution in [3.63, 3.8) is 0 Å². The minimum atomic E-state index is 0.408. The molecule has 0 aliphatic heterocycles. The summed E-state index contributed by atoms with van der Waals surface area (Å²) in [5.74, 6) is 1.50.